The highest BCUT2D eigenvalue weighted by molar-refractivity contribution is 7.95. The Morgan fingerprint density at radius 3 is 1.08 bits per heavy atom. The Bertz CT molecular complexity index is 7390. The number of anilines is 9. The molecule has 644 valence electrons. The Hall–Kier alpha value is -14.7. The van der Waals surface area contributed by atoms with Gasteiger partial charge in [0.15, 0.2) is 11.6 Å². The van der Waals surface area contributed by atoms with Crippen molar-refractivity contribution < 1.29 is 70.8 Å². The molecule has 4 aliphatic heterocycles. The molecule has 0 aliphatic carbocycles. The van der Waals surface area contributed by atoms with Crippen LogP contribution in [0.3, 0.4) is 0 Å². The van der Waals surface area contributed by atoms with Gasteiger partial charge in [-0.05, 0) is 205 Å². The molecule has 0 unspecified atom stereocenters. The van der Waals surface area contributed by atoms with Gasteiger partial charge in [0.05, 0.1) is 73.6 Å². The molecule has 7 heterocycles. The first-order chi connectivity index (χ1) is 61.5. The Kier molecular flexibility index (Phi) is 24.7. The van der Waals surface area contributed by atoms with Crippen LogP contribution in [0.1, 0.15) is 57.4 Å². The summed E-state index contributed by atoms with van der Waals surface area (Å²) in [4.78, 5) is 76.4. The summed E-state index contributed by atoms with van der Waals surface area (Å²) in [7, 11) is -12.9. The van der Waals surface area contributed by atoms with Crippen LogP contribution in [-0.4, -0.2) is 127 Å². The third kappa shape index (κ3) is 19.0. The average Bonchev–Trinajstić information content (AvgIpc) is 0.793. The molecule has 25 nitrogen and oxygen atoms in total. The molecule has 4 aliphatic rings. The third-order valence-corrected chi connectivity index (χ3v) is 28.9. The predicted octanol–water partition coefficient (Wildman–Crippen LogP) is 17.6. The van der Waals surface area contributed by atoms with E-state index in [9.17, 15) is 70.8 Å². The van der Waals surface area contributed by atoms with E-state index in [2.05, 4.69) is 41.5 Å². The van der Waals surface area contributed by atoms with Crippen molar-refractivity contribution in [2.24, 2.45) is 0 Å². The number of hydrogen-bond acceptors (Lipinski definition) is 16. The number of aromatic nitrogens is 3. The summed E-state index contributed by atoms with van der Waals surface area (Å²) < 4.78 is 143. The minimum atomic E-state index is -3.26. The number of aryl methyl sites for hydroxylation is 1. The molecule has 5 amide bonds. The maximum absolute atomic E-state index is 14.7. The van der Waals surface area contributed by atoms with Crippen molar-refractivity contribution in [2.75, 3.05) is 93.0 Å². The number of nitrogens with zero attached hydrogens (tertiary/aromatic N) is 7. The van der Waals surface area contributed by atoms with E-state index in [1.54, 1.807) is 152 Å². The molecule has 128 heavy (non-hydrogen) atoms. The highest BCUT2D eigenvalue weighted by atomic mass is 35.5. The molecule has 0 atom stereocenters. The molecule has 0 saturated carbocycles. The molecule has 33 heteroatoms. The number of carbonyl (C=O) groups excluding carboxylic acids is 5. The first kappa shape index (κ1) is 86.8. The van der Waals surface area contributed by atoms with Crippen molar-refractivity contribution in [2.45, 2.75) is 6.92 Å². The van der Waals surface area contributed by atoms with Gasteiger partial charge in [0, 0.05) is 134 Å². The molecule has 4 fully saturated rings. The Morgan fingerprint density at radius 1 is 0.320 bits per heavy atom. The zero-order valence-electron chi connectivity index (χ0n) is 67.6. The maximum Gasteiger partial charge on any atom is 0.255 e. The van der Waals surface area contributed by atoms with E-state index < -0.39 is 63.5 Å². The predicted molar refractivity (Wildman–Crippen MR) is 494 cm³/mol. The Balaban J connectivity index is 0.000000125. The molecule has 12 aromatic carbocycles. The molecular formula is C95H74ClF3N12O13S4. The number of rotatable bonds is 17. The van der Waals surface area contributed by atoms with Gasteiger partial charge in [-0.2, -0.15) is 0 Å². The fourth-order valence-corrected chi connectivity index (χ4v) is 19.0. The summed E-state index contributed by atoms with van der Waals surface area (Å²) in [5.41, 5.74) is 9.72. The minimum absolute atomic E-state index is 0.0676. The van der Waals surface area contributed by atoms with Gasteiger partial charge in [-0.1, -0.05) is 115 Å². The number of carbonyl (C=O) groups is 5. The summed E-state index contributed by atoms with van der Waals surface area (Å²) >= 11 is 6.19. The molecule has 5 N–H and O–H groups in total. The van der Waals surface area contributed by atoms with Gasteiger partial charge < -0.3 is 26.6 Å². The van der Waals surface area contributed by atoms with Crippen molar-refractivity contribution in [3.05, 3.63) is 360 Å². The van der Waals surface area contributed by atoms with E-state index in [-0.39, 0.29) is 74.7 Å². The fourth-order valence-electron chi connectivity index (χ4n) is 14.4. The van der Waals surface area contributed by atoms with Crippen molar-refractivity contribution in [1.29, 1.82) is 0 Å². The smallest absolute Gasteiger partial charge is 0.255 e. The number of nitrogens with one attached hydrogen (secondary N) is 5. The number of sulfonamides is 4. The quantitative estimate of drug-likeness (QED) is 0.0565. The molecule has 0 spiro atoms. The van der Waals surface area contributed by atoms with Crippen LogP contribution in [0, 0.1) is 24.4 Å². The third-order valence-electron chi connectivity index (χ3n) is 21.5. The zero-order valence-corrected chi connectivity index (χ0v) is 71.6. The second-order valence-electron chi connectivity index (χ2n) is 29.8. The lowest BCUT2D eigenvalue weighted by atomic mass is 10.0. The zero-order chi connectivity index (χ0) is 89.8. The van der Waals surface area contributed by atoms with E-state index in [0.717, 1.165) is 49.8 Å². The van der Waals surface area contributed by atoms with E-state index in [0.29, 0.717) is 110 Å². The molecule has 4 saturated heterocycles. The average molecular weight is 1810 g/mol. The standard InChI is InChI=1S/C25H21N3O3S.C24H17F2N3O3S.C24H18FN3O3S.C22H18ClN3O4S/c1-17-6-7-20(24-22-5-3-2-4-18(22)12-13-26-24)16-23(17)27-25(29)19-8-10-21(11-9-19)28-14-15-32(28,30)31;25-21-14-17(13-20(22(21)26)23-19-4-2-1-3-15(19)9-10-27-23)28-24(30)16-5-7-18(8-6-16)29-11-12-33(29,31)32;25-22-10-7-18(15-21(22)23-20-4-2-1-3-16(20)11-12-26-23)27-24(29)17-5-8-19(9-6-17)28-13-14-32(28,30)31;23-19-11-8-17(14-20(19)25-22(28)15-4-2-1-3-5-15)24-21(27)16-6-9-18(10-7-16)26-12-13-31(26,29)30/h2-13,16H,14-15H2,1H3,(H,27,29);1-10,13-14H,11-12H2,(H,28,30);1-12,15H,13-14H2,(H,27,29);1-11,14H,12-13H2,(H,24,27)(H,25,28). The molecule has 19 rings (SSSR count). The Labute approximate surface area is 738 Å². The monoisotopic (exact) mass is 1810 g/mol. The molecule has 0 radical (unpaired) electrons. The highest BCUT2D eigenvalue weighted by Gasteiger charge is 2.36. The van der Waals surface area contributed by atoms with Crippen LogP contribution in [0.5, 0.6) is 0 Å². The van der Waals surface area contributed by atoms with Crippen molar-refractivity contribution in [3.8, 4) is 33.8 Å². The number of benzene rings is 12. The van der Waals surface area contributed by atoms with Crippen LogP contribution in [-0.2, 0) is 40.1 Å². The number of fused-ring (bicyclic) bond motifs is 3. The SMILES string of the molecule is Cc1ccc(-c2nccc3ccccc23)cc1NC(=O)c1ccc(N2CCS2(=O)=O)cc1.O=C(Nc1cc(F)c(F)c(-c2nccc3ccccc23)c1)c1ccc(N2CCS2(=O)=O)cc1.O=C(Nc1ccc(Cl)c(NC(=O)c2ccccc2)c1)c1ccc(N2CCS2(=O)=O)cc1.O=C(Nc1ccc(F)c(-c2nccc3ccccc23)c1)c1ccc(N2CCS2(=O)=O)cc1. The lowest BCUT2D eigenvalue weighted by Gasteiger charge is -2.32. The number of pyridine rings is 3. The summed E-state index contributed by atoms with van der Waals surface area (Å²) in [6, 6.07) is 79.7. The summed E-state index contributed by atoms with van der Waals surface area (Å²) in [6.07, 6.45) is 4.93. The minimum Gasteiger partial charge on any atom is -0.322 e. The van der Waals surface area contributed by atoms with E-state index in [4.69, 9.17) is 11.6 Å². The molecule has 3 aromatic heterocycles. The second-order valence-corrected chi connectivity index (χ2v) is 38.2. The number of halogens is 4. The fraction of sp³-hybridized carbons (Fsp3) is 0.0947. The second kappa shape index (κ2) is 36.5. The van der Waals surface area contributed by atoms with Crippen LogP contribution in [0.4, 0.5) is 64.4 Å². The van der Waals surface area contributed by atoms with E-state index in [1.165, 1.54) is 65.9 Å². The van der Waals surface area contributed by atoms with Crippen LogP contribution in [0.2, 0.25) is 5.02 Å². The Morgan fingerprint density at radius 2 is 0.664 bits per heavy atom. The maximum atomic E-state index is 14.7. The topological polar surface area (TPSA) is 334 Å². The van der Waals surface area contributed by atoms with Crippen LogP contribution < -0.4 is 43.8 Å². The van der Waals surface area contributed by atoms with Crippen molar-refractivity contribution >= 4 is 165 Å². The molecule has 0 bridgehead atoms. The first-order valence-corrected chi connectivity index (χ1v) is 46.6. The van der Waals surface area contributed by atoms with Gasteiger partial charge in [0.2, 0.25) is 40.1 Å². The largest absolute Gasteiger partial charge is 0.322 e. The molecule has 15 aromatic rings. The number of amides is 5. The first-order valence-electron chi connectivity index (χ1n) is 39.8. The van der Waals surface area contributed by atoms with Crippen molar-refractivity contribution in [1.82, 2.24) is 15.0 Å². The van der Waals surface area contributed by atoms with Gasteiger partial charge in [0.25, 0.3) is 29.5 Å². The van der Waals surface area contributed by atoms with Gasteiger partial charge in [-0.3, -0.25) is 56.1 Å². The van der Waals surface area contributed by atoms with Crippen LogP contribution in [0.15, 0.2) is 304 Å². The van der Waals surface area contributed by atoms with Gasteiger partial charge in [-0.25, -0.2) is 46.8 Å². The summed E-state index contributed by atoms with van der Waals surface area (Å²) in [5.74, 6) is -3.96. The normalized spacial score (nSPS) is 14.6. The van der Waals surface area contributed by atoms with Crippen LogP contribution in [0.25, 0.3) is 66.1 Å². The van der Waals surface area contributed by atoms with E-state index in [1.807, 2.05) is 104 Å². The van der Waals surface area contributed by atoms with Crippen LogP contribution >= 0.6 is 11.6 Å². The van der Waals surface area contributed by atoms with Gasteiger partial charge >= 0.3 is 0 Å². The van der Waals surface area contributed by atoms with Gasteiger partial charge in [0.1, 0.15) is 5.82 Å². The van der Waals surface area contributed by atoms with Crippen molar-refractivity contribution in [3.63, 3.8) is 0 Å². The lowest BCUT2D eigenvalue weighted by Crippen LogP contribution is -2.47. The summed E-state index contributed by atoms with van der Waals surface area (Å²) in [5, 5.41) is 19.5. The molecular weight excluding hydrogens is 1740 g/mol. The van der Waals surface area contributed by atoms with E-state index >= 15 is 0 Å². The summed E-state index contributed by atoms with van der Waals surface area (Å²) in [6.45, 7) is 3.69. The number of hydrogen-bond donors (Lipinski definition) is 5. The van der Waals surface area contributed by atoms with Gasteiger partial charge in [-0.15, -0.1) is 0 Å². The highest BCUT2D eigenvalue weighted by Crippen LogP contribution is 2.38. The lowest BCUT2D eigenvalue weighted by molar-refractivity contribution is 0.101.